The number of carbonyl (C=O) groups is 1. The van der Waals surface area contributed by atoms with E-state index in [2.05, 4.69) is 31.1 Å². The Morgan fingerprint density at radius 1 is 1.26 bits per heavy atom. The van der Waals surface area contributed by atoms with Crippen molar-refractivity contribution in [3.63, 3.8) is 0 Å². The molecule has 0 aliphatic carbocycles. The molecule has 3 heterocycles. The molecule has 5 nitrogen and oxygen atoms in total. The highest BCUT2D eigenvalue weighted by atomic mass is 16.2. The van der Waals surface area contributed by atoms with Crippen molar-refractivity contribution in [3.8, 4) is 0 Å². The van der Waals surface area contributed by atoms with E-state index >= 15 is 0 Å². The van der Waals surface area contributed by atoms with Crippen LogP contribution in [-0.4, -0.2) is 32.3 Å². The Kier molecular flexibility index (Phi) is 5.40. The molecule has 2 aromatic rings. The lowest BCUT2D eigenvalue weighted by Crippen LogP contribution is -2.50. The second kappa shape index (κ2) is 7.74. The molecule has 1 aliphatic heterocycles. The number of pyridine rings is 1. The first-order chi connectivity index (χ1) is 13.0. The van der Waals surface area contributed by atoms with Gasteiger partial charge in [-0.2, -0.15) is 0 Å². The van der Waals surface area contributed by atoms with Crippen LogP contribution in [0.4, 0.5) is 0 Å². The summed E-state index contributed by atoms with van der Waals surface area (Å²) < 4.78 is 1.49. The highest BCUT2D eigenvalue weighted by Crippen LogP contribution is 2.28. The third-order valence-corrected chi connectivity index (χ3v) is 5.02. The van der Waals surface area contributed by atoms with Crippen LogP contribution in [0.1, 0.15) is 42.2 Å². The Hall–Kier alpha value is -2.95. The van der Waals surface area contributed by atoms with Crippen LogP contribution >= 0.6 is 0 Å². The van der Waals surface area contributed by atoms with Crippen molar-refractivity contribution in [2.24, 2.45) is 0 Å². The van der Waals surface area contributed by atoms with Gasteiger partial charge in [0.15, 0.2) is 0 Å². The molecule has 3 rings (SSSR count). The van der Waals surface area contributed by atoms with Gasteiger partial charge >= 0.3 is 0 Å². The minimum absolute atomic E-state index is 0.0260. The number of fused-ring (bicyclic) bond motifs is 1. The Morgan fingerprint density at radius 3 is 2.70 bits per heavy atom. The molecule has 27 heavy (non-hydrogen) atoms. The van der Waals surface area contributed by atoms with Gasteiger partial charge in [-0.1, -0.05) is 29.9 Å². The van der Waals surface area contributed by atoms with Gasteiger partial charge in [-0.05, 0) is 45.2 Å². The molecule has 0 spiro atoms. The van der Waals surface area contributed by atoms with Gasteiger partial charge in [-0.15, -0.1) is 13.2 Å². The molecule has 0 saturated carbocycles. The van der Waals surface area contributed by atoms with E-state index in [1.54, 1.807) is 17.0 Å². The van der Waals surface area contributed by atoms with Crippen molar-refractivity contribution in [1.29, 1.82) is 0 Å². The SMILES string of the molecule is C=CC[C@H]1CC(C)=C[C@H](CC=C)N1C(=O)c1cnc2cccc(C)n2c1=O. The molecule has 1 amide bonds. The molecular weight excluding hydrogens is 338 g/mol. The first-order valence-corrected chi connectivity index (χ1v) is 9.17. The lowest BCUT2D eigenvalue weighted by atomic mass is 9.92. The lowest BCUT2D eigenvalue weighted by molar-refractivity contribution is 0.0599. The summed E-state index contributed by atoms with van der Waals surface area (Å²) in [5, 5.41) is 0. The molecule has 0 radical (unpaired) electrons. The summed E-state index contributed by atoms with van der Waals surface area (Å²) in [5.41, 5.74) is 2.29. The van der Waals surface area contributed by atoms with Gasteiger partial charge in [0.1, 0.15) is 11.2 Å². The largest absolute Gasteiger partial charge is 0.328 e. The van der Waals surface area contributed by atoms with Crippen molar-refractivity contribution in [2.75, 3.05) is 0 Å². The summed E-state index contributed by atoms with van der Waals surface area (Å²) in [6.07, 6.45) is 9.21. The predicted molar refractivity (Wildman–Crippen MR) is 108 cm³/mol. The van der Waals surface area contributed by atoms with Crippen molar-refractivity contribution in [2.45, 2.75) is 45.2 Å². The van der Waals surface area contributed by atoms with E-state index in [0.717, 1.165) is 12.1 Å². The summed E-state index contributed by atoms with van der Waals surface area (Å²) in [6, 6.07) is 5.29. The molecule has 5 heteroatoms. The van der Waals surface area contributed by atoms with E-state index in [0.29, 0.717) is 18.5 Å². The number of amides is 1. The third-order valence-electron chi connectivity index (χ3n) is 5.02. The second-order valence-corrected chi connectivity index (χ2v) is 7.04. The normalized spacial score (nSPS) is 19.6. The molecule has 0 unspecified atom stereocenters. The van der Waals surface area contributed by atoms with Gasteiger partial charge in [0.25, 0.3) is 11.5 Å². The van der Waals surface area contributed by atoms with Gasteiger partial charge in [0.05, 0.1) is 6.04 Å². The lowest BCUT2D eigenvalue weighted by Gasteiger charge is -2.40. The minimum atomic E-state index is -0.330. The maximum atomic E-state index is 13.4. The summed E-state index contributed by atoms with van der Waals surface area (Å²) in [4.78, 5) is 32.6. The molecule has 1 aliphatic rings. The molecule has 140 valence electrons. The molecule has 0 aromatic carbocycles. The second-order valence-electron chi connectivity index (χ2n) is 7.04. The summed E-state index contributed by atoms with van der Waals surface area (Å²) >= 11 is 0. The van der Waals surface area contributed by atoms with E-state index < -0.39 is 0 Å². The van der Waals surface area contributed by atoms with Gasteiger partial charge in [-0.25, -0.2) is 4.98 Å². The minimum Gasteiger partial charge on any atom is -0.328 e. The van der Waals surface area contributed by atoms with Crippen LogP contribution in [0.5, 0.6) is 0 Å². The van der Waals surface area contributed by atoms with Crippen LogP contribution in [0.15, 0.2) is 66.1 Å². The first kappa shape index (κ1) is 18.8. The van der Waals surface area contributed by atoms with Crippen LogP contribution in [0.3, 0.4) is 0 Å². The topological polar surface area (TPSA) is 54.7 Å². The standard InChI is InChI=1S/C22H25N3O2/c1-5-8-17-12-15(3)13-18(9-6-2)25(17)22(27)19-14-23-20-11-7-10-16(4)24(20)21(19)26/h5-7,10-12,14,17-18H,1-2,8-9,13H2,3-4H3/t17-,18-/m0/s1. The number of aryl methyl sites for hydroxylation is 1. The molecule has 0 N–H and O–H groups in total. The van der Waals surface area contributed by atoms with E-state index in [9.17, 15) is 9.59 Å². The molecule has 0 bridgehead atoms. The zero-order valence-electron chi connectivity index (χ0n) is 15.9. The first-order valence-electron chi connectivity index (χ1n) is 9.17. The number of carbonyl (C=O) groups excluding carboxylic acids is 1. The number of nitrogens with zero attached hydrogens (tertiary/aromatic N) is 3. The van der Waals surface area contributed by atoms with Crippen LogP contribution in [0.2, 0.25) is 0 Å². The summed E-state index contributed by atoms with van der Waals surface area (Å²) in [5.74, 6) is -0.285. The average molecular weight is 363 g/mol. The fraction of sp³-hybridized carbons (Fsp3) is 0.318. The molecule has 0 saturated heterocycles. The smallest absolute Gasteiger partial charge is 0.270 e. The Balaban J connectivity index is 2.11. The van der Waals surface area contributed by atoms with Gasteiger partial charge in [0.2, 0.25) is 0 Å². The van der Waals surface area contributed by atoms with E-state index in [1.807, 2.05) is 25.1 Å². The zero-order valence-corrected chi connectivity index (χ0v) is 15.9. The van der Waals surface area contributed by atoms with Gasteiger partial charge in [0, 0.05) is 17.9 Å². The monoisotopic (exact) mass is 363 g/mol. The maximum absolute atomic E-state index is 13.4. The van der Waals surface area contributed by atoms with Crippen molar-refractivity contribution in [1.82, 2.24) is 14.3 Å². The number of rotatable bonds is 5. The van der Waals surface area contributed by atoms with Crippen molar-refractivity contribution >= 4 is 11.6 Å². The van der Waals surface area contributed by atoms with Gasteiger partial charge < -0.3 is 4.90 Å². The summed E-state index contributed by atoms with van der Waals surface area (Å²) in [6.45, 7) is 11.6. The Bertz CT molecular complexity index is 987. The average Bonchev–Trinajstić information content (AvgIpc) is 2.62. The van der Waals surface area contributed by atoms with Crippen LogP contribution in [0, 0.1) is 6.92 Å². The molecule has 2 atom stereocenters. The van der Waals surface area contributed by atoms with Crippen molar-refractivity contribution in [3.05, 3.63) is 83.0 Å². The highest BCUT2D eigenvalue weighted by Gasteiger charge is 2.34. The van der Waals surface area contributed by atoms with Crippen LogP contribution in [0.25, 0.3) is 5.65 Å². The van der Waals surface area contributed by atoms with Crippen LogP contribution < -0.4 is 5.56 Å². The van der Waals surface area contributed by atoms with E-state index in [-0.39, 0.29) is 29.1 Å². The van der Waals surface area contributed by atoms with E-state index in [4.69, 9.17) is 0 Å². The van der Waals surface area contributed by atoms with Crippen LogP contribution in [-0.2, 0) is 0 Å². The predicted octanol–water partition coefficient (Wildman–Crippen LogP) is 3.68. The summed E-state index contributed by atoms with van der Waals surface area (Å²) in [7, 11) is 0. The van der Waals surface area contributed by atoms with Gasteiger partial charge in [-0.3, -0.25) is 14.0 Å². The molecule has 0 fully saturated rings. The molecule has 2 aromatic heterocycles. The maximum Gasteiger partial charge on any atom is 0.270 e. The zero-order chi connectivity index (χ0) is 19.6. The number of aromatic nitrogens is 2. The fourth-order valence-corrected chi connectivity index (χ4v) is 3.84. The number of hydrogen-bond donors (Lipinski definition) is 0. The third kappa shape index (κ3) is 3.50. The highest BCUT2D eigenvalue weighted by molar-refractivity contribution is 5.94. The Morgan fingerprint density at radius 2 is 2.00 bits per heavy atom. The fourth-order valence-electron chi connectivity index (χ4n) is 3.84. The Labute approximate surface area is 159 Å². The molecular formula is C22H25N3O2. The van der Waals surface area contributed by atoms with E-state index in [1.165, 1.54) is 16.2 Å². The number of hydrogen-bond acceptors (Lipinski definition) is 3. The quantitative estimate of drug-likeness (QED) is 0.762. The van der Waals surface area contributed by atoms with Crippen molar-refractivity contribution < 1.29 is 4.79 Å².